The third-order valence-electron chi connectivity index (χ3n) is 3.21. The van der Waals surface area contributed by atoms with E-state index in [1.165, 1.54) is 6.07 Å². The molecule has 0 spiro atoms. The number of benzene rings is 2. The van der Waals surface area contributed by atoms with Gasteiger partial charge in [0.1, 0.15) is 5.75 Å². The Morgan fingerprint density at radius 1 is 0.909 bits per heavy atom. The summed E-state index contributed by atoms with van der Waals surface area (Å²) in [6.07, 6.45) is 1.60. The van der Waals surface area contributed by atoms with Crippen LogP contribution < -0.4 is 9.47 Å². The van der Waals surface area contributed by atoms with Crippen LogP contribution in [0, 0.1) is 5.82 Å². The third kappa shape index (κ3) is 2.91. The Balaban J connectivity index is 2.02. The van der Waals surface area contributed by atoms with Crippen molar-refractivity contribution in [2.75, 3.05) is 7.11 Å². The van der Waals surface area contributed by atoms with Crippen molar-refractivity contribution < 1.29 is 13.9 Å². The van der Waals surface area contributed by atoms with Crippen molar-refractivity contribution in [2.24, 2.45) is 0 Å². The first kappa shape index (κ1) is 14.1. The van der Waals surface area contributed by atoms with Crippen LogP contribution in [-0.4, -0.2) is 12.1 Å². The lowest BCUT2D eigenvalue weighted by atomic mass is 10.0. The molecule has 3 rings (SSSR count). The van der Waals surface area contributed by atoms with Gasteiger partial charge in [0, 0.05) is 17.8 Å². The minimum atomic E-state index is -0.432. The molecule has 1 heterocycles. The lowest BCUT2D eigenvalue weighted by molar-refractivity contribution is 0.415. The molecule has 0 aliphatic heterocycles. The number of ether oxygens (including phenoxy) is 2. The molecule has 110 valence electrons. The van der Waals surface area contributed by atoms with Gasteiger partial charge in [0.05, 0.1) is 7.11 Å². The maximum absolute atomic E-state index is 14.2. The van der Waals surface area contributed by atoms with Crippen LogP contribution in [0.25, 0.3) is 11.1 Å². The summed E-state index contributed by atoms with van der Waals surface area (Å²) in [5.41, 5.74) is 1.50. The van der Waals surface area contributed by atoms with Gasteiger partial charge in [-0.3, -0.25) is 0 Å². The summed E-state index contributed by atoms with van der Waals surface area (Å²) in [4.78, 5) is 4.07. The Morgan fingerprint density at radius 3 is 2.41 bits per heavy atom. The zero-order chi connectivity index (χ0) is 15.4. The summed E-state index contributed by atoms with van der Waals surface area (Å²) in [6, 6.07) is 17.4. The van der Waals surface area contributed by atoms with Gasteiger partial charge in [0.2, 0.25) is 5.88 Å². The predicted octanol–water partition coefficient (Wildman–Crippen LogP) is 4.69. The van der Waals surface area contributed by atoms with E-state index in [2.05, 4.69) is 4.98 Å². The van der Waals surface area contributed by atoms with E-state index in [0.717, 1.165) is 11.3 Å². The molecular weight excluding hydrogens is 281 g/mol. The number of aromatic nitrogens is 1. The van der Waals surface area contributed by atoms with Gasteiger partial charge in [0.15, 0.2) is 11.6 Å². The molecule has 3 aromatic rings. The fraction of sp³-hybridized carbons (Fsp3) is 0.0556. The molecule has 0 atom stereocenters. The molecule has 0 aliphatic carbocycles. The molecule has 4 heteroatoms. The van der Waals surface area contributed by atoms with E-state index in [-0.39, 0.29) is 5.75 Å². The highest BCUT2D eigenvalue weighted by atomic mass is 19.1. The van der Waals surface area contributed by atoms with Crippen LogP contribution in [0.1, 0.15) is 0 Å². The highest BCUT2D eigenvalue weighted by Gasteiger charge is 2.13. The van der Waals surface area contributed by atoms with E-state index in [0.29, 0.717) is 11.4 Å². The van der Waals surface area contributed by atoms with Gasteiger partial charge >= 0.3 is 0 Å². The van der Waals surface area contributed by atoms with Crippen LogP contribution in [0.15, 0.2) is 66.9 Å². The van der Waals surface area contributed by atoms with Crippen molar-refractivity contribution in [1.29, 1.82) is 0 Å². The molecule has 0 saturated carbocycles. The Morgan fingerprint density at radius 2 is 1.73 bits per heavy atom. The summed E-state index contributed by atoms with van der Waals surface area (Å²) < 4.78 is 25.0. The van der Waals surface area contributed by atoms with Crippen molar-refractivity contribution in [3.63, 3.8) is 0 Å². The summed E-state index contributed by atoms with van der Waals surface area (Å²) in [7, 11) is 1.60. The lowest BCUT2D eigenvalue weighted by Crippen LogP contribution is -1.93. The molecule has 0 saturated heterocycles. The second kappa shape index (κ2) is 6.26. The first-order chi connectivity index (χ1) is 10.8. The standard InChI is InChI=1S/C18H14FNO2/c1-21-14-10-8-13(9-11-14)15-5-4-6-16(19)18(15)22-17-7-2-3-12-20-17/h2-12H,1H3. The van der Waals surface area contributed by atoms with Crippen LogP contribution in [0.5, 0.6) is 17.4 Å². The SMILES string of the molecule is COc1ccc(-c2cccc(F)c2Oc2ccccn2)cc1. The quantitative estimate of drug-likeness (QED) is 0.699. The van der Waals surface area contributed by atoms with E-state index in [1.54, 1.807) is 37.6 Å². The first-order valence-electron chi connectivity index (χ1n) is 6.80. The molecule has 1 aromatic heterocycles. The van der Waals surface area contributed by atoms with E-state index in [9.17, 15) is 4.39 Å². The van der Waals surface area contributed by atoms with Crippen molar-refractivity contribution in [3.05, 3.63) is 72.7 Å². The Hall–Kier alpha value is -2.88. The van der Waals surface area contributed by atoms with E-state index < -0.39 is 5.82 Å². The zero-order valence-corrected chi connectivity index (χ0v) is 12.0. The monoisotopic (exact) mass is 295 g/mol. The summed E-state index contributed by atoms with van der Waals surface area (Å²) in [5.74, 6) is 0.819. The molecule has 3 nitrogen and oxygen atoms in total. The maximum Gasteiger partial charge on any atom is 0.219 e. The van der Waals surface area contributed by atoms with Gasteiger partial charge in [-0.05, 0) is 29.8 Å². The summed E-state index contributed by atoms with van der Waals surface area (Å²) in [6.45, 7) is 0. The normalized spacial score (nSPS) is 10.3. The fourth-order valence-corrected chi connectivity index (χ4v) is 2.12. The van der Waals surface area contributed by atoms with Gasteiger partial charge in [-0.25, -0.2) is 9.37 Å². The molecule has 0 unspecified atom stereocenters. The van der Waals surface area contributed by atoms with Crippen LogP contribution in [0.2, 0.25) is 0 Å². The second-order valence-electron chi connectivity index (χ2n) is 4.62. The van der Waals surface area contributed by atoms with Crippen LogP contribution in [0.3, 0.4) is 0 Å². The predicted molar refractivity (Wildman–Crippen MR) is 82.7 cm³/mol. The average molecular weight is 295 g/mol. The van der Waals surface area contributed by atoms with Crippen molar-refractivity contribution in [3.8, 4) is 28.5 Å². The topological polar surface area (TPSA) is 31.4 Å². The molecule has 0 aliphatic rings. The van der Waals surface area contributed by atoms with Crippen LogP contribution in [-0.2, 0) is 0 Å². The van der Waals surface area contributed by atoms with Crippen LogP contribution >= 0.6 is 0 Å². The molecule has 0 fully saturated rings. The summed E-state index contributed by atoms with van der Waals surface area (Å²) in [5, 5.41) is 0. The molecule has 0 radical (unpaired) electrons. The second-order valence-corrected chi connectivity index (χ2v) is 4.62. The fourth-order valence-electron chi connectivity index (χ4n) is 2.12. The number of methoxy groups -OCH3 is 1. The van der Waals surface area contributed by atoms with Gasteiger partial charge in [0.25, 0.3) is 0 Å². The maximum atomic E-state index is 14.2. The first-order valence-corrected chi connectivity index (χ1v) is 6.80. The van der Waals surface area contributed by atoms with E-state index in [4.69, 9.17) is 9.47 Å². The molecule has 22 heavy (non-hydrogen) atoms. The van der Waals surface area contributed by atoms with Gasteiger partial charge in [-0.15, -0.1) is 0 Å². The number of rotatable bonds is 4. The Kier molecular flexibility index (Phi) is 4.01. The minimum Gasteiger partial charge on any atom is -0.497 e. The number of hydrogen-bond donors (Lipinski definition) is 0. The third-order valence-corrected chi connectivity index (χ3v) is 3.21. The number of hydrogen-bond acceptors (Lipinski definition) is 3. The molecule has 0 N–H and O–H groups in total. The number of halogens is 1. The van der Waals surface area contributed by atoms with Crippen molar-refractivity contribution in [1.82, 2.24) is 4.98 Å². The average Bonchev–Trinajstić information content (AvgIpc) is 2.58. The van der Waals surface area contributed by atoms with E-state index >= 15 is 0 Å². The Labute approximate surface area is 128 Å². The largest absolute Gasteiger partial charge is 0.497 e. The Bertz CT molecular complexity index is 758. The number of nitrogens with zero attached hydrogens (tertiary/aromatic N) is 1. The number of pyridine rings is 1. The van der Waals surface area contributed by atoms with Crippen molar-refractivity contribution >= 4 is 0 Å². The van der Waals surface area contributed by atoms with Crippen LogP contribution in [0.4, 0.5) is 4.39 Å². The van der Waals surface area contributed by atoms with Gasteiger partial charge < -0.3 is 9.47 Å². The molecular formula is C18H14FNO2. The van der Waals surface area contributed by atoms with Gasteiger partial charge in [-0.1, -0.05) is 30.3 Å². The van der Waals surface area contributed by atoms with Crippen molar-refractivity contribution in [2.45, 2.75) is 0 Å². The van der Waals surface area contributed by atoms with E-state index in [1.807, 2.05) is 30.3 Å². The number of para-hydroxylation sites is 1. The highest BCUT2D eigenvalue weighted by molar-refractivity contribution is 5.71. The molecule has 0 bridgehead atoms. The van der Waals surface area contributed by atoms with Gasteiger partial charge in [-0.2, -0.15) is 0 Å². The lowest BCUT2D eigenvalue weighted by Gasteiger charge is -2.12. The molecule has 0 amide bonds. The smallest absolute Gasteiger partial charge is 0.219 e. The zero-order valence-electron chi connectivity index (χ0n) is 12.0. The molecule has 2 aromatic carbocycles. The summed E-state index contributed by atoms with van der Waals surface area (Å²) >= 11 is 0. The highest BCUT2D eigenvalue weighted by Crippen LogP contribution is 2.35. The minimum absolute atomic E-state index is 0.159.